The predicted molar refractivity (Wildman–Crippen MR) is 95.0 cm³/mol. The SMILES string of the molecule is Cc1ccc2c(c1)C(=Nc1ccc([N+](=O)[O-])cc1)c1ccccc1-2. The molecule has 24 heavy (non-hydrogen) atoms. The van der Waals surface area contributed by atoms with Gasteiger partial charge in [0.25, 0.3) is 5.69 Å². The van der Waals surface area contributed by atoms with Crippen molar-refractivity contribution in [2.75, 3.05) is 0 Å². The Morgan fingerprint density at radius 2 is 1.50 bits per heavy atom. The van der Waals surface area contributed by atoms with Crippen LogP contribution in [0.5, 0.6) is 0 Å². The lowest BCUT2D eigenvalue weighted by molar-refractivity contribution is -0.384. The first kappa shape index (κ1) is 14.3. The highest BCUT2D eigenvalue weighted by molar-refractivity contribution is 6.25. The number of benzene rings is 3. The Labute approximate surface area is 139 Å². The molecule has 0 unspecified atom stereocenters. The average molecular weight is 314 g/mol. The molecule has 0 radical (unpaired) electrons. The van der Waals surface area contributed by atoms with Gasteiger partial charge in [0.05, 0.1) is 16.3 Å². The Bertz CT molecular complexity index is 989. The van der Waals surface area contributed by atoms with Crippen molar-refractivity contribution < 1.29 is 4.92 Å². The monoisotopic (exact) mass is 314 g/mol. The smallest absolute Gasteiger partial charge is 0.258 e. The summed E-state index contributed by atoms with van der Waals surface area (Å²) in [5.41, 5.74) is 7.42. The fraction of sp³-hybridized carbons (Fsp3) is 0.0500. The van der Waals surface area contributed by atoms with Crippen LogP contribution >= 0.6 is 0 Å². The van der Waals surface area contributed by atoms with Crippen LogP contribution in [0, 0.1) is 17.0 Å². The molecule has 0 heterocycles. The van der Waals surface area contributed by atoms with Gasteiger partial charge in [-0.25, -0.2) is 4.99 Å². The van der Waals surface area contributed by atoms with Gasteiger partial charge < -0.3 is 0 Å². The number of aryl methyl sites for hydroxylation is 1. The standard InChI is InChI=1S/C20H14N2O2/c1-13-6-11-17-16-4-2-3-5-18(16)20(19(17)12-13)21-14-7-9-15(10-8-14)22(23)24/h2-12H,1H3. The molecule has 1 aliphatic carbocycles. The van der Waals surface area contributed by atoms with Gasteiger partial charge in [-0.2, -0.15) is 0 Å². The maximum absolute atomic E-state index is 10.8. The Morgan fingerprint density at radius 1 is 0.833 bits per heavy atom. The normalized spacial score (nSPS) is 13.6. The van der Waals surface area contributed by atoms with E-state index in [1.165, 1.54) is 28.8 Å². The first-order valence-electron chi connectivity index (χ1n) is 7.67. The second kappa shape index (κ2) is 5.42. The molecular weight excluding hydrogens is 300 g/mol. The number of nitrogens with zero attached hydrogens (tertiary/aromatic N) is 2. The van der Waals surface area contributed by atoms with Crippen molar-refractivity contribution in [3.8, 4) is 11.1 Å². The van der Waals surface area contributed by atoms with Crippen molar-refractivity contribution in [1.29, 1.82) is 0 Å². The molecule has 0 N–H and O–H groups in total. The molecule has 0 bridgehead atoms. The highest BCUT2D eigenvalue weighted by Gasteiger charge is 2.24. The molecule has 4 heteroatoms. The van der Waals surface area contributed by atoms with Gasteiger partial charge in [0.2, 0.25) is 0 Å². The van der Waals surface area contributed by atoms with Crippen molar-refractivity contribution >= 4 is 17.1 Å². The van der Waals surface area contributed by atoms with E-state index in [2.05, 4.69) is 37.3 Å². The third kappa shape index (κ3) is 2.29. The van der Waals surface area contributed by atoms with Gasteiger partial charge in [0.15, 0.2) is 0 Å². The second-order valence-corrected chi connectivity index (χ2v) is 5.83. The minimum absolute atomic E-state index is 0.0713. The van der Waals surface area contributed by atoms with E-state index in [4.69, 9.17) is 4.99 Å². The lowest BCUT2D eigenvalue weighted by Gasteiger charge is -2.03. The molecule has 0 saturated carbocycles. The van der Waals surface area contributed by atoms with Gasteiger partial charge in [0, 0.05) is 23.3 Å². The van der Waals surface area contributed by atoms with E-state index in [1.54, 1.807) is 12.1 Å². The number of fused-ring (bicyclic) bond motifs is 3. The van der Waals surface area contributed by atoms with Gasteiger partial charge in [-0.1, -0.05) is 42.0 Å². The fourth-order valence-corrected chi connectivity index (χ4v) is 3.06. The van der Waals surface area contributed by atoms with Gasteiger partial charge >= 0.3 is 0 Å². The average Bonchev–Trinajstić information content (AvgIpc) is 2.89. The molecular formula is C20H14N2O2. The number of hydrogen-bond donors (Lipinski definition) is 0. The van der Waals surface area contributed by atoms with Crippen LogP contribution in [0.15, 0.2) is 71.7 Å². The molecule has 4 nitrogen and oxygen atoms in total. The molecule has 1 aliphatic rings. The number of nitro groups is 1. The summed E-state index contributed by atoms with van der Waals surface area (Å²) in [6.07, 6.45) is 0. The molecule has 0 fully saturated rings. The molecule has 0 aromatic heterocycles. The van der Waals surface area contributed by atoms with Crippen LogP contribution in [-0.2, 0) is 0 Å². The second-order valence-electron chi connectivity index (χ2n) is 5.83. The summed E-state index contributed by atoms with van der Waals surface area (Å²) in [5.74, 6) is 0. The fourth-order valence-electron chi connectivity index (χ4n) is 3.06. The maximum atomic E-state index is 10.8. The summed E-state index contributed by atoms with van der Waals surface area (Å²) < 4.78 is 0. The van der Waals surface area contributed by atoms with Crippen LogP contribution in [0.4, 0.5) is 11.4 Å². The van der Waals surface area contributed by atoms with Crippen molar-refractivity contribution in [1.82, 2.24) is 0 Å². The summed E-state index contributed by atoms with van der Waals surface area (Å²) in [6, 6.07) is 20.9. The highest BCUT2D eigenvalue weighted by Crippen LogP contribution is 2.38. The van der Waals surface area contributed by atoms with Gasteiger partial charge in [0.1, 0.15) is 0 Å². The number of aliphatic imine (C=N–C) groups is 1. The van der Waals surface area contributed by atoms with E-state index in [1.807, 2.05) is 12.1 Å². The van der Waals surface area contributed by atoms with Crippen LogP contribution in [0.1, 0.15) is 16.7 Å². The quantitative estimate of drug-likeness (QED) is 0.384. The zero-order valence-electron chi connectivity index (χ0n) is 13.1. The summed E-state index contributed by atoms with van der Waals surface area (Å²) >= 11 is 0. The molecule has 4 rings (SSSR count). The third-order valence-corrected chi connectivity index (χ3v) is 4.20. The number of nitro benzene ring substituents is 1. The lowest BCUT2D eigenvalue weighted by Crippen LogP contribution is -1.98. The van der Waals surface area contributed by atoms with Crippen LogP contribution in [0.2, 0.25) is 0 Å². The summed E-state index contributed by atoms with van der Waals surface area (Å²) in [6.45, 7) is 2.06. The number of non-ortho nitro benzene ring substituents is 1. The molecule has 0 aliphatic heterocycles. The first-order valence-corrected chi connectivity index (χ1v) is 7.67. The van der Waals surface area contributed by atoms with Crippen LogP contribution in [-0.4, -0.2) is 10.6 Å². The Balaban J connectivity index is 1.88. The summed E-state index contributed by atoms with van der Waals surface area (Å²) in [7, 11) is 0. The molecule has 3 aromatic rings. The predicted octanol–water partition coefficient (Wildman–Crippen LogP) is 5.05. The topological polar surface area (TPSA) is 55.5 Å². The van der Waals surface area contributed by atoms with E-state index >= 15 is 0 Å². The third-order valence-electron chi connectivity index (χ3n) is 4.20. The zero-order valence-corrected chi connectivity index (χ0v) is 13.1. The lowest BCUT2D eigenvalue weighted by atomic mass is 10.0. The van der Waals surface area contributed by atoms with E-state index in [0.29, 0.717) is 5.69 Å². The molecule has 116 valence electrons. The Kier molecular flexibility index (Phi) is 3.24. The van der Waals surface area contributed by atoms with Crippen molar-refractivity contribution in [3.05, 3.63) is 93.5 Å². The molecule has 0 amide bonds. The van der Waals surface area contributed by atoms with E-state index in [0.717, 1.165) is 16.8 Å². The van der Waals surface area contributed by atoms with Crippen LogP contribution in [0.25, 0.3) is 11.1 Å². The van der Waals surface area contributed by atoms with E-state index < -0.39 is 4.92 Å². The molecule has 0 spiro atoms. The van der Waals surface area contributed by atoms with E-state index in [9.17, 15) is 10.1 Å². The van der Waals surface area contributed by atoms with Gasteiger partial charge in [-0.05, 0) is 36.2 Å². The highest BCUT2D eigenvalue weighted by atomic mass is 16.6. The zero-order chi connectivity index (χ0) is 16.7. The minimum atomic E-state index is -0.402. The summed E-state index contributed by atoms with van der Waals surface area (Å²) in [4.78, 5) is 15.2. The molecule has 0 atom stereocenters. The molecule has 0 saturated heterocycles. The van der Waals surface area contributed by atoms with E-state index in [-0.39, 0.29) is 5.69 Å². The minimum Gasteiger partial charge on any atom is -0.258 e. The maximum Gasteiger partial charge on any atom is 0.269 e. The Hall–Kier alpha value is -3.27. The number of rotatable bonds is 2. The van der Waals surface area contributed by atoms with Crippen molar-refractivity contribution in [2.24, 2.45) is 4.99 Å². The molecule has 3 aromatic carbocycles. The van der Waals surface area contributed by atoms with Gasteiger partial charge in [-0.3, -0.25) is 10.1 Å². The Morgan fingerprint density at radius 3 is 2.21 bits per heavy atom. The van der Waals surface area contributed by atoms with Gasteiger partial charge in [-0.15, -0.1) is 0 Å². The largest absolute Gasteiger partial charge is 0.269 e. The first-order chi connectivity index (χ1) is 11.6. The van der Waals surface area contributed by atoms with Crippen molar-refractivity contribution in [2.45, 2.75) is 6.92 Å². The number of hydrogen-bond acceptors (Lipinski definition) is 3. The van der Waals surface area contributed by atoms with Crippen LogP contribution in [0.3, 0.4) is 0 Å². The summed E-state index contributed by atoms with van der Waals surface area (Å²) in [5, 5.41) is 10.8. The van der Waals surface area contributed by atoms with Crippen molar-refractivity contribution in [3.63, 3.8) is 0 Å². The van der Waals surface area contributed by atoms with Crippen LogP contribution < -0.4 is 0 Å².